The molecule has 1 aliphatic heterocycles. The van der Waals surface area contributed by atoms with Crippen molar-refractivity contribution in [1.29, 1.82) is 0 Å². The Morgan fingerprint density at radius 2 is 2.05 bits per heavy atom. The van der Waals surface area contributed by atoms with Gasteiger partial charge in [-0.25, -0.2) is 14.6 Å². The quantitative estimate of drug-likeness (QED) is 0.724. The van der Waals surface area contributed by atoms with Crippen LogP contribution in [0.1, 0.15) is 6.92 Å². The van der Waals surface area contributed by atoms with Crippen molar-refractivity contribution in [3.63, 3.8) is 0 Å². The molecule has 4 rings (SSSR count). The van der Waals surface area contributed by atoms with Crippen LogP contribution < -0.4 is 4.90 Å². The number of fused-ring (bicyclic) bond motifs is 1. The molecule has 1 saturated heterocycles. The minimum absolute atomic E-state index is 0.211. The van der Waals surface area contributed by atoms with E-state index in [0.29, 0.717) is 0 Å². The van der Waals surface area contributed by atoms with Crippen molar-refractivity contribution in [1.82, 2.24) is 19.7 Å². The molecule has 0 saturated carbocycles. The SMILES string of the molecule is CC1CN(c2ncnc3c2cnn3-c2ccccc2)CCO1. The molecule has 2 aromatic heterocycles. The molecular weight excluding hydrogens is 278 g/mol. The molecule has 0 bridgehead atoms. The van der Waals surface area contributed by atoms with E-state index in [0.717, 1.165) is 42.2 Å². The third kappa shape index (κ3) is 2.21. The first kappa shape index (κ1) is 13.2. The van der Waals surface area contributed by atoms with Gasteiger partial charge in [-0.1, -0.05) is 18.2 Å². The van der Waals surface area contributed by atoms with E-state index in [1.54, 1.807) is 6.33 Å². The number of morpholine rings is 1. The summed E-state index contributed by atoms with van der Waals surface area (Å²) in [5.41, 5.74) is 1.83. The molecule has 3 heterocycles. The van der Waals surface area contributed by atoms with Crippen molar-refractivity contribution >= 4 is 16.9 Å². The maximum atomic E-state index is 5.61. The number of hydrogen-bond donors (Lipinski definition) is 0. The van der Waals surface area contributed by atoms with Crippen LogP contribution in [0.3, 0.4) is 0 Å². The summed E-state index contributed by atoms with van der Waals surface area (Å²) in [5.74, 6) is 0.933. The van der Waals surface area contributed by atoms with Crippen LogP contribution in [0.2, 0.25) is 0 Å². The smallest absolute Gasteiger partial charge is 0.168 e. The second-order valence-electron chi connectivity index (χ2n) is 5.45. The number of para-hydroxylation sites is 1. The highest BCUT2D eigenvalue weighted by Gasteiger charge is 2.21. The first-order valence-electron chi connectivity index (χ1n) is 7.43. The molecule has 1 aliphatic rings. The molecule has 0 aliphatic carbocycles. The first-order chi connectivity index (χ1) is 10.8. The van der Waals surface area contributed by atoms with Gasteiger partial charge in [-0.3, -0.25) is 0 Å². The minimum Gasteiger partial charge on any atom is -0.375 e. The van der Waals surface area contributed by atoms with E-state index in [1.807, 2.05) is 41.2 Å². The van der Waals surface area contributed by atoms with Gasteiger partial charge in [-0.15, -0.1) is 0 Å². The second-order valence-corrected chi connectivity index (χ2v) is 5.45. The van der Waals surface area contributed by atoms with Crippen molar-refractivity contribution in [3.05, 3.63) is 42.9 Å². The monoisotopic (exact) mass is 295 g/mol. The summed E-state index contributed by atoms with van der Waals surface area (Å²) >= 11 is 0. The molecule has 1 unspecified atom stereocenters. The largest absolute Gasteiger partial charge is 0.375 e. The fourth-order valence-electron chi connectivity index (χ4n) is 2.85. The Labute approximate surface area is 128 Å². The van der Waals surface area contributed by atoms with Gasteiger partial charge in [0.1, 0.15) is 12.1 Å². The Bertz CT molecular complexity index is 786. The van der Waals surface area contributed by atoms with Crippen LogP contribution in [0.4, 0.5) is 5.82 Å². The molecule has 0 amide bonds. The third-order valence-electron chi connectivity index (χ3n) is 3.89. The van der Waals surface area contributed by atoms with Gasteiger partial charge in [-0.05, 0) is 19.1 Å². The Morgan fingerprint density at radius 3 is 2.86 bits per heavy atom. The van der Waals surface area contributed by atoms with Gasteiger partial charge in [0.2, 0.25) is 0 Å². The summed E-state index contributed by atoms with van der Waals surface area (Å²) in [7, 11) is 0. The number of anilines is 1. The average molecular weight is 295 g/mol. The Hall–Kier alpha value is -2.47. The number of ether oxygens (including phenoxy) is 1. The van der Waals surface area contributed by atoms with E-state index in [2.05, 4.69) is 26.9 Å². The van der Waals surface area contributed by atoms with Crippen molar-refractivity contribution in [3.8, 4) is 5.69 Å². The Balaban J connectivity index is 1.80. The van der Waals surface area contributed by atoms with Crippen LogP contribution in [0.5, 0.6) is 0 Å². The fraction of sp³-hybridized carbons (Fsp3) is 0.312. The van der Waals surface area contributed by atoms with Crippen LogP contribution >= 0.6 is 0 Å². The standard InChI is InChI=1S/C16H17N5O/c1-12-10-20(7-8-22-12)15-14-9-19-21(16(14)18-11-17-15)13-5-3-2-4-6-13/h2-6,9,11-12H,7-8,10H2,1H3. The second kappa shape index (κ2) is 5.38. The zero-order chi connectivity index (χ0) is 14.9. The van der Waals surface area contributed by atoms with Crippen molar-refractivity contribution in [2.75, 3.05) is 24.6 Å². The molecule has 0 radical (unpaired) electrons. The summed E-state index contributed by atoms with van der Waals surface area (Å²) in [5, 5.41) is 5.47. The lowest BCUT2D eigenvalue weighted by molar-refractivity contribution is 0.0530. The molecule has 0 N–H and O–H groups in total. The maximum absolute atomic E-state index is 5.61. The van der Waals surface area contributed by atoms with Crippen LogP contribution in [0.15, 0.2) is 42.9 Å². The van der Waals surface area contributed by atoms with E-state index in [9.17, 15) is 0 Å². The predicted molar refractivity (Wildman–Crippen MR) is 84.3 cm³/mol. The molecule has 6 heteroatoms. The Morgan fingerprint density at radius 1 is 1.18 bits per heavy atom. The van der Waals surface area contributed by atoms with E-state index in [-0.39, 0.29) is 6.10 Å². The zero-order valence-corrected chi connectivity index (χ0v) is 12.4. The van der Waals surface area contributed by atoms with Gasteiger partial charge in [0, 0.05) is 13.1 Å². The Kier molecular flexibility index (Phi) is 3.23. The molecular formula is C16H17N5O. The van der Waals surface area contributed by atoms with Gasteiger partial charge < -0.3 is 9.64 Å². The lowest BCUT2D eigenvalue weighted by Crippen LogP contribution is -2.41. The van der Waals surface area contributed by atoms with Gasteiger partial charge in [0.25, 0.3) is 0 Å². The number of nitrogens with zero attached hydrogens (tertiary/aromatic N) is 5. The normalized spacial score (nSPS) is 18.8. The lowest BCUT2D eigenvalue weighted by Gasteiger charge is -2.32. The molecule has 0 spiro atoms. The number of aromatic nitrogens is 4. The van der Waals surface area contributed by atoms with Gasteiger partial charge >= 0.3 is 0 Å². The van der Waals surface area contributed by atoms with Gasteiger partial charge in [0.15, 0.2) is 5.65 Å². The van der Waals surface area contributed by atoms with Crippen LogP contribution in [0, 0.1) is 0 Å². The van der Waals surface area contributed by atoms with E-state index in [4.69, 9.17) is 4.74 Å². The third-order valence-corrected chi connectivity index (χ3v) is 3.89. The minimum atomic E-state index is 0.211. The molecule has 3 aromatic rings. The molecule has 1 aromatic carbocycles. The number of benzene rings is 1. The summed E-state index contributed by atoms with van der Waals surface area (Å²) in [6.45, 7) is 4.48. The highest BCUT2D eigenvalue weighted by atomic mass is 16.5. The maximum Gasteiger partial charge on any atom is 0.168 e. The van der Waals surface area contributed by atoms with Crippen LogP contribution in [-0.2, 0) is 4.74 Å². The summed E-state index contributed by atoms with van der Waals surface area (Å²) in [6, 6.07) is 10.0. The highest BCUT2D eigenvalue weighted by molar-refractivity contribution is 5.87. The van der Waals surface area contributed by atoms with E-state index in [1.165, 1.54) is 0 Å². The first-order valence-corrected chi connectivity index (χ1v) is 7.43. The van der Waals surface area contributed by atoms with Crippen LogP contribution in [0.25, 0.3) is 16.7 Å². The average Bonchev–Trinajstić information content (AvgIpc) is 2.99. The number of rotatable bonds is 2. The highest BCUT2D eigenvalue weighted by Crippen LogP contribution is 2.25. The van der Waals surface area contributed by atoms with E-state index < -0.39 is 0 Å². The predicted octanol–water partition coefficient (Wildman–Crippen LogP) is 2.04. The summed E-state index contributed by atoms with van der Waals surface area (Å²) in [4.78, 5) is 11.1. The van der Waals surface area contributed by atoms with Crippen molar-refractivity contribution < 1.29 is 4.74 Å². The fourth-order valence-corrected chi connectivity index (χ4v) is 2.85. The summed E-state index contributed by atoms with van der Waals surface area (Å²) in [6.07, 6.45) is 3.67. The molecule has 1 atom stereocenters. The number of hydrogen-bond acceptors (Lipinski definition) is 5. The molecule has 112 valence electrons. The molecule has 1 fully saturated rings. The van der Waals surface area contributed by atoms with Gasteiger partial charge in [0.05, 0.1) is 30.0 Å². The van der Waals surface area contributed by atoms with Crippen molar-refractivity contribution in [2.45, 2.75) is 13.0 Å². The lowest BCUT2D eigenvalue weighted by atomic mass is 10.2. The van der Waals surface area contributed by atoms with Crippen molar-refractivity contribution in [2.24, 2.45) is 0 Å². The molecule has 22 heavy (non-hydrogen) atoms. The van der Waals surface area contributed by atoms with Crippen LogP contribution in [-0.4, -0.2) is 45.5 Å². The molecule has 6 nitrogen and oxygen atoms in total. The zero-order valence-electron chi connectivity index (χ0n) is 12.4. The van der Waals surface area contributed by atoms with E-state index >= 15 is 0 Å². The van der Waals surface area contributed by atoms with Gasteiger partial charge in [-0.2, -0.15) is 5.10 Å². The summed E-state index contributed by atoms with van der Waals surface area (Å²) < 4.78 is 7.46. The topological polar surface area (TPSA) is 56.1 Å².